The third kappa shape index (κ3) is 5.01. The molecule has 0 fully saturated rings. The molecular weight excluding hydrogens is 346 g/mol. The summed E-state index contributed by atoms with van der Waals surface area (Å²) in [6, 6.07) is 10.4. The van der Waals surface area contributed by atoms with Crippen molar-refractivity contribution in [2.45, 2.75) is 12.5 Å². The van der Waals surface area contributed by atoms with Crippen LogP contribution < -0.4 is 19.5 Å². The summed E-state index contributed by atoms with van der Waals surface area (Å²) in [5.74, 6) is 1.44. The lowest BCUT2D eigenvalue weighted by molar-refractivity contribution is 0.0915. The smallest absolute Gasteiger partial charge is 0.251 e. The lowest BCUT2D eigenvalue weighted by Gasteiger charge is -2.16. The van der Waals surface area contributed by atoms with Crippen molar-refractivity contribution in [2.75, 3.05) is 27.9 Å². The highest BCUT2D eigenvalue weighted by Gasteiger charge is 2.17. The van der Waals surface area contributed by atoms with E-state index >= 15 is 0 Å². The maximum Gasteiger partial charge on any atom is 0.251 e. The molecule has 0 radical (unpaired) electrons. The van der Waals surface area contributed by atoms with Gasteiger partial charge in [-0.25, -0.2) is 0 Å². The predicted octanol–water partition coefficient (Wildman–Crippen LogP) is 2.90. The molecule has 144 valence electrons. The number of allylic oxidation sites excluding steroid dienone is 1. The van der Waals surface area contributed by atoms with Gasteiger partial charge in [0.05, 0.1) is 27.4 Å². The van der Waals surface area contributed by atoms with E-state index in [1.807, 2.05) is 0 Å². The fourth-order valence-electron chi connectivity index (χ4n) is 2.72. The molecule has 0 aliphatic heterocycles. The van der Waals surface area contributed by atoms with Crippen LogP contribution in [0.4, 0.5) is 0 Å². The topological polar surface area (TPSA) is 77.0 Å². The lowest BCUT2D eigenvalue weighted by Crippen LogP contribution is -2.28. The normalized spacial score (nSPS) is 11.4. The van der Waals surface area contributed by atoms with E-state index in [2.05, 4.69) is 11.9 Å². The van der Waals surface area contributed by atoms with E-state index in [0.29, 0.717) is 34.8 Å². The lowest BCUT2D eigenvalue weighted by atomic mass is 10.0. The van der Waals surface area contributed by atoms with Crippen molar-refractivity contribution in [1.82, 2.24) is 5.32 Å². The Morgan fingerprint density at radius 3 is 2.41 bits per heavy atom. The number of ether oxygens (including phenoxy) is 3. The molecule has 6 heteroatoms. The Labute approximate surface area is 159 Å². The first kappa shape index (κ1) is 20.3. The maximum atomic E-state index is 12.5. The van der Waals surface area contributed by atoms with Crippen LogP contribution in [0.15, 0.2) is 49.1 Å². The Morgan fingerprint density at radius 2 is 1.85 bits per heavy atom. The van der Waals surface area contributed by atoms with E-state index < -0.39 is 6.10 Å². The fourth-order valence-corrected chi connectivity index (χ4v) is 2.72. The Balaban J connectivity index is 2.12. The third-order valence-corrected chi connectivity index (χ3v) is 4.14. The largest absolute Gasteiger partial charge is 0.497 e. The van der Waals surface area contributed by atoms with Gasteiger partial charge in [0.1, 0.15) is 5.75 Å². The molecule has 2 aromatic carbocycles. The Morgan fingerprint density at radius 1 is 1.15 bits per heavy atom. The number of nitrogens with one attached hydrogen (secondary N) is 1. The fraction of sp³-hybridized carbons (Fsp3) is 0.286. The highest BCUT2D eigenvalue weighted by atomic mass is 16.5. The summed E-state index contributed by atoms with van der Waals surface area (Å²) < 4.78 is 15.8. The maximum absolute atomic E-state index is 12.5. The molecule has 0 aromatic heterocycles. The third-order valence-electron chi connectivity index (χ3n) is 4.14. The van der Waals surface area contributed by atoms with Crippen molar-refractivity contribution in [2.24, 2.45) is 0 Å². The number of benzene rings is 2. The van der Waals surface area contributed by atoms with Crippen LogP contribution in [0, 0.1) is 0 Å². The van der Waals surface area contributed by atoms with Crippen LogP contribution >= 0.6 is 0 Å². The molecule has 2 aromatic rings. The number of rotatable bonds is 9. The molecule has 6 nitrogen and oxygen atoms in total. The second kappa shape index (κ2) is 9.64. The second-order valence-corrected chi connectivity index (χ2v) is 5.86. The molecular formula is C21H25NO5. The molecule has 0 aliphatic rings. The number of hydrogen-bond donors (Lipinski definition) is 2. The van der Waals surface area contributed by atoms with Gasteiger partial charge in [-0.1, -0.05) is 18.2 Å². The zero-order valence-corrected chi connectivity index (χ0v) is 15.8. The Bertz CT molecular complexity index is 786. The SMILES string of the molecule is C=CCc1cc(C(=O)NCC(O)c2ccc(OC)cc2)cc(OC)c1OC. The molecule has 0 spiro atoms. The summed E-state index contributed by atoms with van der Waals surface area (Å²) in [6.45, 7) is 3.81. The quantitative estimate of drug-likeness (QED) is 0.663. The van der Waals surface area contributed by atoms with Crippen molar-refractivity contribution in [3.63, 3.8) is 0 Å². The van der Waals surface area contributed by atoms with E-state index in [1.54, 1.807) is 56.7 Å². The summed E-state index contributed by atoms with van der Waals surface area (Å²) in [4.78, 5) is 12.5. The van der Waals surface area contributed by atoms with Crippen molar-refractivity contribution in [3.05, 3.63) is 65.7 Å². The Hall–Kier alpha value is -2.99. The van der Waals surface area contributed by atoms with Gasteiger partial charge in [0, 0.05) is 17.7 Å². The van der Waals surface area contributed by atoms with Crippen LogP contribution in [0.25, 0.3) is 0 Å². The highest BCUT2D eigenvalue weighted by molar-refractivity contribution is 5.95. The molecule has 0 bridgehead atoms. The van der Waals surface area contributed by atoms with Crippen LogP contribution in [-0.4, -0.2) is 38.9 Å². The minimum Gasteiger partial charge on any atom is -0.497 e. The first-order valence-electron chi connectivity index (χ1n) is 8.50. The standard InChI is InChI=1S/C21H25NO5/c1-5-6-15-11-16(12-19(26-3)20(15)27-4)21(24)22-13-18(23)14-7-9-17(25-2)10-8-14/h5,7-12,18,23H,1,6,13H2,2-4H3,(H,22,24). The number of aliphatic hydroxyl groups is 1. The molecule has 0 heterocycles. The molecule has 1 unspecified atom stereocenters. The van der Waals surface area contributed by atoms with E-state index in [1.165, 1.54) is 7.11 Å². The molecule has 2 rings (SSSR count). The second-order valence-electron chi connectivity index (χ2n) is 5.86. The van der Waals surface area contributed by atoms with Gasteiger partial charge in [-0.2, -0.15) is 0 Å². The predicted molar refractivity (Wildman–Crippen MR) is 104 cm³/mol. The van der Waals surface area contributed by atoms with Gasteiger partial charge < -0.3 is 24.6 Å². The van der Waals surface area contributed by atoms with Gasteiger partial charge >= 0.3 is 0 Å². The molecule has 0 saturated carbocycles. The molecule has 1 amide bonds. The van der Waals surface area contributed by atoms with Gasteiger partial charge in [-0.3, -0.25) is 4.79 Å². The van der Waals surface area contributed by atoms with Crippen LogP contribution in [0.3, 0.4) is 0 Å². The van der Waals surface area contributed by atoms with Gasteiger partial charge in [-0.05, 0) is 36.2 Å². The van der Waals surface area contributed by atoms with Gasteiger partial charge in [0.15, 0.2) is 11.5 Å². The van der Waals surface area contributed by atoms with Gasteiger partial charge in [0.25, 0.3) is 5.91 Å². The minimum atomic E-state index is -0.826. The first-order valence-corrected chi connectivity index (χ1v) is 8.50. The zero-order chi connectivity index (χ0) is 19.8. The number of amides is 1. The number of methoxy groups -OCH3 is 3. The monoisotopic (exact) mass is 371 g/mol. The molecule has 27 heavy (non-hydrogen) atoms. The van der Waals surface area contributed by atoms with E-state index in [-0.39, 0.29) is 12.5 Å². The molecule has 2 N–H and O–H groups in total. The first-order chi connectivity index (χ1) is 13.0. The average molecular weight is 371 g/mol. The summed E-state index contributed by atoms with van der Waals surface area (Å²) >= 11 is 0. The number of carbonyl (C=O) groups is 1. The highest BCUT2D eigenvalue weighted by Crippen LogP contribution is 2.33. The summed E-state index contributed by atoms with van der Waals surface area (Å²) in [5.41, 5.74) is 1.91. The summed E-state index contributed by atoms with van der Waals surface area (Å²) in [7, 11) is 4.65. The van der Waals surface area contributed by atoms with Crippen molar-refractivity contribution in [3.8, 4) is 17.2 Å². The van der Waals surface area contributed by atoms with Crippen molar-refractivity contribution in [1.29, 1.82) is 0 Å². The van der Waals surface area contributed by atoms with Gasteiger partial charge in [-0.15, -0.1) is 6.58 Å². The van der Waals surface area contributed by atoms with Crippen molar-refractivity contribution >= 4 is 5.91 Å². The Kier molecular flexibility index (Phi) is 7.25. The van der Waals surface area contributed by atoms with E-state index in [0.717, 1.165) is 5.56 Å². The molecule has 0 saturated heterocycles. The van der Waals surface area contributed by atoms with Crippen LogP contribution in [0.2, 0.25) is 0 Å². The number of carbonyl (C=O) groups excluding carboxylic acids is 1. The minimum absolute atomic E-state index is 0.0797. The number of hydrogen-bond acceptors (Lipinski definition) is 5. The van der Waals surface area contributed by atoms with Crippen LogP contribution in [0.5, 0.6) is 17.2 Å². The van der Waals surface area contributed by atoms with E-state index in [4.69, 9.17) is 14.2 Å². The average Bonchev–Trinajstić information content (AvgIpc) is 2.71. The number of aliphatic hydroxyl groups excluding tert-OH is 1. The zero-order valence-electron chi connectivity index (χ0n) is 15.8. The molecule has 0 aliphatic carbocycles. The molecule has 1 atom stereocenters. The summed E-state index contributed by atoms with van der Waals surface area (Å²) in [6.07, 6.45) is 1.44. The van der Waals surface area contributed by atoms with E-state index in [9.17, 15) is 9.90 Å². The van der Waals surface area contributed by atoms with Crippen LogP contribution in [-0.2, 0) is 6.42 Å². The van der Waals surface area contributed by atoms with Crippen LogP contribution in [0.1, 0.15) is 27.6 Å². The van der Waals surface area contributed by atoms with Gasteiger partial charge in [0.2, 0.25) is 0 Å². The van der Waals surface area contributed by atoms with Crippen molar-refractivity contribution < 1.29 is 24.1 Å². The summed E-state index contributed by atoms with van der Waals surface area (Å²) in [5, 5.41) is 13.0.